The lowest BCUT2D eigenvalue weighted by molar-refractivity contribution is -0.385. The number of nitrogens with zero attached hydrogens (tertiary/aromatic N) is 1. The van der Waals surface area contributed by atoms with Crippen LogP contribution in [0.25, 0.3) is 0 Å². The number of nitro groups is 1. The minimum atomic E-state index is -1.52. The molecule has 0 aliphatic rings. The topological polar surface area (TPSA) is 139 Å². The predicted molar refractivity (Wildman–Crippen MR) is 67.2 cm³/mol. The Labute approximate surface area is 109 Å². The van der Waals surface area contributed by atoms with E-state index in [2.05, 4.69) is 5.32 Å². The molecule has 8 heteroatoms. The standard InChI is InChI=1S/C11H15N3O5/c1-6(15)13-5-9(16)11(17)7-3-2-4-8(12)10(7)14(18)19/h2-4,9,11,16-17H,5,12H2,1H3,(H,13,15). The molecule has 0 saturated heterocycles. The Balaban J connectivity index is 2.99. The summed E-state index contributed by atoms with van der Waals surface area (Å²) in [6.45, 7) is 1.03. The van der Waals surface area contributed by atoms with E-state index in [1.54, 1.807) is 0 Å². The van der Waals surface area contributed by atoms with Gasteiger partial charge in [0.1, 0.15) is 17.9 Å². The maximum absolute atomic E-state index is 10.9. The lowest BCUT2D eigenvalue weighted by Gasteiger charge is -2.18. The highest BCUT2D eigenvalue weighted by Crippen LogP contribution is 2.32. The molecule has 1 aromatic carbocycles. The monoisotopic (exact) mass is 269 g/mol. The molecule has 19 heavy (non-hydrogen) atoms. The summed E-state index contributed by atoms with van der Waals surface area (Å²) >= 11 is 0. The number of carbonyl (C=O) groups excluding carboxylic acids is 1. The van der Waals surface area contributed by atoms with E-state index in [9.17, 15) is 25.1 Å². The number of aliphatic hydroxyl groups excluding tert-OH is 2. The maximum Gasteiger partial charge on any atom is 0.297 e. The van der Waals surface area contributed by atoms with Gasteiger partial charge in [0.2, 0.25) is 5.91 Å². The molecule has 0 bridgehead atoms. The van der Waals surface area contributed by atoms with Crippen LogP contribution < -0.4 is 11.1 Å². The fraction of sp³-hybridized carbons (Fsp3) is 0.364. The van der Waals surface area contributed by atoms with Gasteiger partial charge in [-0.25, -0.2) is 0 Å². The average molecular weight is 269 g/mol. The highest BCUT2D eigenvalue weighted by Gasteiger charge is 2.28. The third-order valence-electron chi connectivity index (χ3n) is 2.52. The van der Waals surface area contributed by atoms with Crippen LogP contribution >= 0.6 is 0 Å². The smallest absolute Gasteiger partial charge is 0.297 e. The van der Waals surface area contributed by atoms with Crippen LogP contribution in [-0.2, 0) is 4.79 Å². The van der Waals surface area contributed by atoms with Gasteiger partial charge in [-0.3, -0.25) is 14.9 Å². The SMILES string of the molecule is CC(=O)NCC(O)C(O)c1cccc(N)c1[N+](=O)[O-]. The molecule has 2 unspecified atom stereocenters. The van der Waals surface area contributed by atoms with Crippen molar-refractivity contribution >= 4 is 17.3 Å². The molecular weight excluding hydrogens is 254 g/mol. The Morgan fingerprint density at radius 3 is 2.68 bits per heavy atom. The van der Waals surface area contributed by atoms with Crippen LogP contribution in [0, 0.1) is 10.1 Å². The number of hydrogen-bond donors (Lipinski definition) is 4. The molecule has 0 aliphatic carbocycles. The number of benzene rings is 1. The first-order chi connectivity index (χ1) is 8.84. The van der Waals surface area contributed by atoms with E-state index in [1.165, 1.54) is 25.1 Å². The summed E-state index contributed by atoms with van der Waals surface area (Å²) in [6.07, 6.45) is -2.89. The van der Waals surface area contributed by atoms with Crippen molar-refractivity contribution < 1.29 is 19.9 Å². The summed E-state index contributed by atoms with van der Waals surface area (Å²) in [5, 5.41) is 32.8. The number of hydrogen-bond acceptors (Lipinski definition) is 6. The van der Waals surface area contributed by atoms with E-state index in [0.29, 0.717) is 0 Å². The third-order valence-corrected chi connectivity index (χ3v) is 2.52. The van der Waals surface area contributed by atoms with Crippen LogP contribution in [0.4, 0.5) is 11.4 Å². The molecule has 0 saturated carbocycles. The van der Waals surface area contributed by atoms with Crippen molar-refractivity contribution in [3.8, 4) is 0 Å². The van der Waals surface area contributed by atoms with Crippen molar-refractivity contribution in [2.45, 2.75) is 19.1 Å². The van der Waals surface area contributed by atoms with Crippen molar-refractivity contribution in [1.82, 2.24) is 5.32 Å². The Morgan fingerprint density at radius 2 is 2.16 bits per heavy atom. The van der Waals surface area contributed by atoms with Gasteiger partial charge in [-0.2, -0.15) is 0 Å². The average Bonchev–Trinajstić information content (AvgIpc) is 2.34. The molecule has 0 radical (unpaired) electrons. The van der Waals surface area contributed by atoms with Crippen LogP contribution in [0.3, 0.4) is 0 Å². The van der Waals surface area contributed by atoms with E-state index in [-0.39, 0.29) is 23.7 Å². The van der Waals surface area contributed by atoms with Gasteiger partial charge in [-0.05, 0) is 12.1 Å². The molecule has 0 aliphatic heterocycles. The first kappa shape index (κ1) is 14.9. The van der Waals surface area contributed by atoms with Gasteiger partial charge >= 0.3 is 0 Å². The molecular formula is C11H15N3O5. The summed E-state index contributed by atoms with van der Waals surface area (Å²) in [5.74, 6) is -0.381. The Morgan fingerprint density at radius 1 is 1.53 bits per heavy atom. The maximum atomic E-state index is 10.9. The van der Waals surface area contributed by atoms with Crippen LogP contribution in [0.1, 0.15) is 18.6 Å². The quantitative estimate of drug-likeness (QED) is 0.329. The summed E-state index contributed by atoms with van der Waals surface area (Å²) in [6, 6.07) is 4.07. The number of nitrogen functional groups attached to an aromatic ring is 1. The molecule has 104 valence electrons. The van der Waals surface area contributed by atoms with Crippen LogP contribution in [0.2, 0.25) is 0 Å². The second kappa shape index (κ2) is 6.12. The Kier molecular flexibility index (Phi) is 4.79. The molecule has 1 rings (SSSR count). The molecule has 0 aromatic heterocycles. The van der Waals surface area contributed by atoms with Crippen LogP contribution in [0.15, 0.2) is 18.2 Å². The van der Waals surface area contributed by atoms with Crippen molar-refractivity contribution in [3.05, 3.63) is 33.9 Å². The number of para-hydroxylation sites is 1. The molecule has 1 aromatic rings. The lowest BCUT2D eigenvalue weighted by Crippen LogP contribution is -2.34. The van der Waals surface area contributed by atoms with Gasteiger partial charge in [0.15, 0.2) is 0 Å². The first-order valence-corrected chi connectivity index (χ1v) is 5.48. The third kappa shape index (κ3) is 3.63. The summed E-state index contributed by atoms with van der Waals surface area (Å²) in [5.41, 5.74) is 4.83. The number of rotatable bonds is 5. The van der Waals surface area contributed by atoms with Gasteiger partial charge in [0.25, 0.3) is 5.69 Å². The molecule has 0 fully saturated rings. The molecule has 8 nitrogen and oxygen atoms in total. The van der Waals surface area contributed by atoms with Crippen LogP contribution in [-0.4, -0.2) is 33.7 Å². The predicted octanol–water partition coefficient (Wildman–Crippen LogP) is -0.293. The van der Waals surface area contributed by atoms with Gasteiger partial charge in [-0.15, -0.1) is 0 Å². The van der Waals surface area contributed by atoms with E-state index in [0.717, 1.165) is 0 Å². The fourth-order valence-corrected chi connectivity index (χ4v) is 1.60. The highest BCUT2D eigenvalue weighted by atomic mass is 16.6. The molecule has 0 spiro atoms. The number of anilines is 1. The minimum Gasteiger partial charge on any atom is -0.393 e. The van der Waals surface area contributed by atoms with Crippen molar-refractivity contribution in [1.29, 1.82) is 0 Å². The second-order valence-corrected chi connectivity index (χ2v) is 3.99. The van der Waals surface area contributed by atoms with Gasteiger partial charge in [-0.1, -0.05) is 6.07 Å². The number of nitrogens with two attached hydrogens (primary N) is 1. The van der Waals surface area contributed by atoms with Crippen LogP contribution in [0.5, 0.6) is 0 Å². The number of amides is 1. The Hall–Kier alpha value is -2.19. The lowest BCUT2D eigenvalue weighted by atomic mass is 10.0. The van der Waals surface area contributed by atoms with Gasteiger partial charge < -0.3 is 21.3 Å². The second-order valence-electron chi connectivity index (χ2n) is 3.99. The number of aliphatic hydroxyl groups is 2. The van der Waals surface area contributed by atoms with Gasteiger partial charge in [0, 0.05) is 13.5 Å². The molecule has 0 heterocycles. The minimum absolute atomic E-state index is 0.0946. The van der Waals surface area contributed by atoms with Gasteiger partial charge in [0.05, 0.1) is 10.5 Å². The van der Waals surface area contributed by atoms with Crippen molar-refractivity contribution in [3.63, 3.8) is 0 Å². The first-order valence-electron chi connectivity index (χ1n) is 5.48. The largest absolute Gasteiger partial charge is 0.393 e. The number of carbonyl (C=O) groups is 1. The highest BCUT2D eigenvalue weighted by molar-refractivity contribution is 5.72. The van der Waals surface area contributed by atoms with Crippen molar-refractivity contribution in [2.24, 2.45) is 0 Å². The van der Waals surface area contributed by atoms with E-state index >= 15 is 0 Å². The fourth-order valence-electron chi connectivity index (χ4n) is 1.60. The molecule has 1 amide bonds. The van der Waals surface area contributed by atoms with E-state index in [1.807, 2.05) is 0 Å². The number of nitro benzene ring substituents is 1. The molecule has 2 atom stereocenters. The zero-order valence-corrected chi connectivity index (χ0v) is 10.2. The Bertz CT molecular complexity index is 491. The zero-order valence-electron chi connectivity index (χ0n) is 10.2. The summed E-state index contributed by atoms with van der Waals surface area (Å²) in [7, 11) is 0. The summed E-state index contributed by atoms with van der Waals surface area (Å²) in [4.78, 5) is 20.9. The van der Waals surface area contributed by atoms with E-state index in [4.69, 9.17) is 5.73 Å². The van der Waals surface area contributed by atoms with Crippen molar-refractivity contribution in [2.75, 3.05) is 12.3 Å². The summed E-state index contributed by atoms with van der Waals surface area (Å²) < 4.78 is 0. The molecule has 5 N–H and O–H groups in total. The number of nitrogens with one attached hydrogen (secondary N) is 1. The van der Waals surface area contributed by atoms with E-state index < -0.39 is 22.8 Å². The normalized spacial score (nSPS) is 13.6. The zero-order chi connectivity index (χ0) is 14.6.